The molecule has 1 aromatic heterocycles. The van der Waals surface area contributed by atoms with Gasteiger partial charge in [-0.3, -0.25) is 4.79 Å². The second-order valence-corrected chi connectivity index (χ2v) is 5.81. The van der Waals surface area contributed by atoms with Crippen LogP contribution < -0.4 is 5.73 Å². The molecule has 0 aliphatic carbocycles. The Bertz CT molecular complexity index is 448. The molecule has 1 aromatic rings. The van der Waals surface area contributed by atoms with Crippen LogP contribution in [0, 0.1) is 13.8 Å². The van der Waals surface area contributed by atoms with Gasteiger partial charge in [0.15, 0.2) is 0 Å². The average Bonchev–Trinajstić information content (AvgIpc) is 2.75. The van der Waals surface area contributed by atoms with E-state index in [-0.39, 0.29) is 18.0 Å². The summed E-state index contributed by atoms with van der Waals surface area (Å²) in [6.07, 6.45) is 4.48. The number of likely N-dealkylation sites (tertiary alicyclic amines) is 1. The molecule has 5 nitrogen and oxygen atoms in total. The quantitative estimate of drug-likeness (QED) is 0.914. The number of aromatic nitrogens is 1. The molecule has 2 heterocycles. The van der Waals surface area contributed by atoms with Gasteiger partial charge in [0.05, 0.1) is 5.69 Å². The first-order valence-corrected chi connectivity index (χ1v) is 7.47. The zero-order valence-electron chi connectivity index (χ0n) is 12.7. The van der Waals surface area contributed by atoms with Gasteiger partial charge in [0.2, 0.25) is 5.91 Å². The minimum Gasteiger partial charge on any atom is -0.361 e. The Morgan fingerprint density at radius 2 is 2.25 bits per heavy atom. The van der Waals surface area contributed by atoms with Gasteiger partial charge in [0.1, 0.15) is 5.76 Å². The van der Waals surface area contributed by atoms with E-state index < -0.39 is 0 Å². The number of amides is 1. The van der Waals surface area contributed by atoms with Gasteiger partial charge < -0.3 is 15.2 Å². The molecule has 0 spiro atoms. The first-order chi connectivity index (χ1) is 9.50. The summed E-state index contributed by atoms with van der Waals surface area (Å²) in [5.74, 6) is 1.02. The molecule has 2 atom stereocenters. The minimum absolute atomic E-state index is 0.0401. The van der Waals surface area contributed by atoms with E-state index in [0.29, 0.717) is 12.8 Å². The van der Waals surface area contributed by atoms with Crippen molar-refractivity contribution in [3.05, 3.63) is 17.0 Å². The maximum atomic E-state index is 12.5. The molecule has 5 heteroatoms. The van der Waals surface area contributed by atoms with Gasteiger partial charge >= 0.3 is 0 Å². The van der Waals surface area contributed by atoms with Gasteiger partial charge in [-0.25, -0.2) is 0 Å². The molecular formula is C15H25N3O2. The zero-order chi connectivity index (χ0) is 14.7. The molecule has 2 rings (SSSR count). The Balaban J connectivity index is 1.97. The van der Waals surface area contributed by atoms with E-state index in [2.05, 4.69) is 5.16 Å². The fourth-order valence-corrected chi connectivity index (χ4v) is 3.05. The van der Waals surface area contributed by atoms with E-state index >= 15 is 0 Å². The monoisotopic (exact) mass is 279 g/mol. The van der Waals surface area contributed by atoms with Gasteiger partial charge in [0, 0.05) is 30.6 Å². The Morgan fingerprint density at radius 3 is 2.85 bits per heavy atom. The van der Waals surface area contributed by atoms with E-state index in [1.165, 1.54) is 6.42 Å². The number of carbonyl (C=O) groups is 1. The molecule has 0 bridgehead atoms. The lowest BCUT2D eigenvalue weighted by Gasteiger charge is -2.38. The topological polar surface area (TPSA) is 72.4 Å². The van der Waals surface area contributed by atoms with Crippen LogP contribution in [-0.4, -0.2) is 34.6 Å². The SMILES string of the molecule is Cc1noc(C)c1CCC(=O)N1CCCCC1C(C)N. The molecule has 2 unspecified atom stereocenters. The van der Waals surface area contributed by atoms with Gasteiger partial charge in [-0.2, -0.15) is 0 Å². The van der Waals surface area contributed by atoms with Crippen molar-refractivity contribution in [2.24, 2.45) is 5.73 Å². The lowest BCUT2D eigenvalue weighted by Crippen LogP contribution is -2.51. The van der Waals surface area contributed by atoms with Crippen molar-refractivity contribution in [1.82, 2.24) is 10.1 Å². The highest BCUT2D eigenvalue weighted by Gasteiger charge is 2.29. The highest BCUT2D eigenvalue weighted by molar-refractivity contribution is 5.77. The third-order valence-electron chi connectivity index (χ3n) is 4.25. The Morgan fingerprint density at radius 1 is 1.50 bits per heavy atom. The molecule has 1 amide bonds. The van der Waals surface area contributed by atoms with Gasteiger partial charge in [-0.05, 0) is 46.5 Å². The number of piperidine rings is 1. The highest BCUT2D eigenvalue weighted by atomic mass is 16.5. The molecular weight excluding hydrogens is 254 g/mol. The van der Waals surface area contributed by atoms with E-state index in [9.17, 15) is 4.79 Å². The van der Waals surface area contributed by atoms with Crippen LogP contribution in [0.1, 0.15) is 49.6 Å². The van der Waals surface area contributed by atoms with Crippen molar-refractivity contribution < 1.29 is 9.32 Å². The summed E-state index contributed by atoms with van der Waals surface area (Å²) in [6, 6.07) is 0.235. The summed E-state index contributed by atoms with van der Waals surface area (Å²) in [5.41, 5.74) is 7.96. The summed E-state index contributed by atoms with van der Waals surface area (Å²) in [4.78, 5) is 14.4. The zero-order valence-corrected chi connectivity index (χ0v) is 12.7. The predicted octanol–water partition coefficient (Wildman–Crippen LogP) is 1.95. The molecule has 2 N–H and O–H groups in total. The molecule has 0 saturated carbocycles. The van der Waals surface area contributed by atoms with Crippen molar-refractivity contribution in [3.8, 4) is 0 Å². The van der Waals surface area contributed by atoms with Gasteiger partial charge in [-0.15, -0.1) is 0 Å². The van der Waals surface area contributed by atoms with Crippen LogP contribution in [0.15, 0.2) is 4.52 Å². The summed E-state index contributed by atoms with van der Waals surface area (Å²) in [7, 11) is 0. The number of nitrogens with zero attached hydrogens (tertiary/aromatic N) is 2. The molecule has 1 fully saturated rings. The van der Waals surface area contributed by atoms with E-state index in [1.807, 2.05) is 25.7 Å². The fraction of sp³-hybridized carbons (Fsp3) is 0.733. The molecule has 112 valence electrons. The number of rotatable bonds is 4. The predicted molar refractivity (Wildman–Crippen MR) is 77.3 cm³/mol. The first kappa shape index (κ1) is 15.0. The average molecular weight is 279 g/mol. The van der Waals surface area contributed by atoms with Crippen molar-refractivity contribution in [1.29, 1.82) is 0 Å². The largest absolute Gasteiger partial charge is 0.361 e. The third kappa shape index (κ3) is 3.20. The summed E-state index contributed by atoms with van der Waals surface area (Å²) in [6.45, 7) is 6.64. The van der Waals surface area contributed by atoms with E-state index in [1.54, 1.807) is 0 Å². The molecule has 20 heavy (non-hydrogen) atoms. The third-order valence-corrected chi connectivity index (χ3v) is 4.25. The van der Waals surface area contributed by atoms with Crippen molar-refractivity contribution in [3.63, 3.8) is 0 Å². The van der Waals surface area contributed by atoms with Crippen molar-refractivity contribution in [2.45, 2.75) is 65.0 Å². The maximum Gasteiger partial charge on any atom is 0.223 e. The number of nitrogens with two attached hydrogens (primary N) is 1. The highest BCUT2D eigenvalue weighted by Crippen LogP contribution is 2.21. The normalized spacial score (nSPS) is 21.0. The summed E-state index contributed by atoms with van der Waals surface area (Å²) < 4.78 is 5.14. The van der Waals surface area contributed by atoms with Crippen LogP contribution in [0.2, 0.25) is 0 Å². The van der Waals surface area contributed by atoms with Crippen LogP contribution >= 0.6 is 0 Å². The Hall–Kier alpha value is -1.36. The Labute approximate surface area is 120 Å². The minimum atomic E-state index is 0.0401. The van der Waals surface area contributed by atoms with Crippen LogP contribution in [0.25, 0.3) is 0 Å². The summed E-state index contributed by atoms with van der Waals surface area (Å²) >= 11 is 0. The smallest absolute Gasteiger partial charge is 0.223 e. The lowest BCUT2D eigenvalue weighted by atomic mass is 9.96. The maximum absolute atomic E-state index is 12.5. The van der Waals surface area contributed by atoms with Crippen LogP contribution in [0.4, 0.5) is 0 Å². The second-order valence-electron chi connectivity index (χ2n) is 5.81. The Kier molecular flexibility index (Phi) is 4.81. The summed E-state index contributed by atoms with van der Waals surface area (Å²) in [5, 5.41) is 3.93. The number of hydrogen-bond acceptors (Lipinski definition) is 4. The lowest BCUT2D eigenvalue weighted by molar-refractivity contribution is -0.135. The molecule has 1 saturated heterocycles. The van der Waals surface area contributed by atoms with Gasteiger partial charge in [-0.1, -0.05) is 5.16 Å². The fourth-order valence-electron chi connectivity index (χ4n) is 3.05. The van der Waals surface area contributed by atoms with Crippen molar-refractivity contribution in [2.75, 3.05) is 6.54 Å². The standard InChI is InChI=1S/C15H25N3O2/c1-10(16)14-6-4-5-9-18(14)15(19)8-7-13-11(2)17-20-12(13)3/h10,14H,4-9,16H2,1-3H3. The van der Waals surface area contributed by atoms with E-state index in [0.717, 1.165) is 36.4 Å². The molecule has 1 aliphatic heterocycles. The van der Waals surface area contributed by atoms with Crippen molar-refractivity contribution >= 4 is 5.91 Å². The molecule has 0 aromatic carbocycles. The first-order valence-electron chi connectivity index (χ1n) is 7.47. The van der Waals surface area contributed by atoms with Crippen LogP contribution in [-0.2, 0) is 11.2 Å². The number of hydrogen-bond donors (Lipinski definition) is 1. The number of carbonyl (C=O) groups excluding carboxylic acids is 1. The van der Waals surface area contributed by atoms with Crippen LogP contribution in [0.3, 0.4) is 0 Å². The molecule has 0 radical (unpaired) electrons. The van der Waals surface area contributed by atoms with E-state index in [4.69, 9.17) is 10.3 Å². The second kappa shape index (κ2) is 6.39. The van der Waals surface area contributed by atoms with Gasteiger partial charge in [0.25, 0.3) is 0 Å². The van der Waals surface area contributed by atoms with Crippen LogP contribution in [0.5, 0.6) is 0 Å². The number of aryl methyl sites for hydroxylation is 2. The molecule has 1 aliphatic rings.